The molecule has 1 aliphatic rings. The molecule has 0 aliphatic heterocycles. The van der Waals surface area contributed by atoms with Crippen molar-refractivity contribution in [2.75, 3.05) is 13.7 Å². The molecule has 156 valence electrons. The van der Waals surface area contributed by atoms with Crippen molar-refractivity contribution in [1.82, 2.24) is 16.0 Å². The number of amides is 1. The highest BCUT2D eigenvalue weighted by atomic mass is 127. The van der Waals surface area contributed by atoms with Crippen LogP contribution in [-0.4, -0.2) is 31.6 Å². The van der Waals surface area contributed by atoms with Gasteiger partial charge >= 0.3 is 0 Å². The van der Waals surface area contributed by atoms with Gasteiger partial charge in [0.25, 0.3) is 5.91 Å². The Labute approximate surface area is 193 Å². The second kappa shape index (κ2) is 11.9. The normalized spacial score (nSPS) is 13.2. The summed E-state index contributed by atoms with van der Waals surface area (Å²) in [5.41, 5.74) is 2.15. The number of guanidine groups is 1. The fourth-order valence-electron chi connectivity index (χ4n) is 2.59. The number of carbonyl (C=O) groups excluding carboxylic acids is 1. The van der Waals surface area contributed by atoms with Gasteiger partial charge in [-0.25, -0.2) is 0 Å². The van der Waals surface area contributed by atoms with Crippen LogP contribution in [0.3, 0.4) is 0 Å². The molecule has 1 aliphatic carbocycles. The lowest BCUT2D eigenvalue weighted by molar-refractivity contribution is -0.123. The first-order chi connectivity index (χ1) is 13.6. The van der Waals surface area contributed by atoms with E-state index in [1.807, 2.05) is 48.5 Å². The van der Waals surface area contributed by atoms with Crippen LogP contribution in [0.1, 0.15) is 24.0 Å². The minimum absolute atomic E-state index is 0. The standard InChI is InChI=1S/C21H25ClN4O2.HI/c1-23-21(24-12-15-5-7-17(22)8-6-15)25-13-16-3-2-4-19(11-16)28-14-20(27)26-18-9-10-18;/h2-8,11,18H,9-10,12-14H2,1H3,(H,26,27)(H2,23,24,25);1H. The first-order valence-electron chi connectivity index (χ1n) is 9.32. The fourth-order valence-corrected chi connectivity index (χ4v) is 2.71. The molecule has 1 saturated carbocycles. The number of ether oxygens (including phenoxy) is 1. The monoisotopic (exact) mass is 528 g/mol. The van der Waals surface area contributed by atoms with Crippen LogP contribution in [-0.2, 0) is 17.9 Å². The van der Waals surface area contributed by atoms with Gasteiger partial charge in [-0.05, 0) is 48.2 Å². The third kappa shape index (κ3) is 8.49. The molecular weight excluding hydrogens is 503 g/mol. The summed E-state index contributed by atoms with van der Waals surface area (Å²) in [6, 6.07) is 15.7. The molecule has 2 aromatic rings. The van der Waals surface area contributed by atoms with E-state index in [0.29, 0.717) is 30.8 Å². The molecule has 0 radical (unpaired) electrons. The third-order valence-electron chi connectivity index (χ3n) is 4.27. The summed E-state index contributed by atoms with van der Waals surface area (Å²) in [6.45, 7) is 1.28. The predicted molar refractivity (Wildman–Crippen MR) is 127 cm³/mol. The average Bonchev–Trinajstić information content (AvgIpc) is 3.52. The van der Waals surface area contributed by atoms with Crippen LogP contribution in [0.4, 0.5) is 0 Å². The fraction of sp³-hybridized carbons (Fsp3) is 0.333. The first-order valence-corrected chi connectivity index (χ1v) is 9.70. The molecule has 3 N–H and O–H groups in total. The summed E-state index contributed by atoms with van der Waals surface area (Å²) in [5.74, 6) is 1.30. The number of halogens is 2. The van der Waals surface area contributed by atoms with Gasteiger partial charge in [0.05, 0.1) is 0 Å². The number of nitrogens with one attached hydrogen (secondary N) is 3. The van der Waals surface area contributed by atoms with E-state index in [-0.39, 0.29) is 36.5 Å². The van der Waals surface area contributed by atoms with Gasteiger partial charge in [-0.3, -0.25) is 9.79 Å². The van der Waals surface area contributed by atoms with E-state index < -0.39 is 0 Å². The molecule has 0 spiro atoms. The molecule has 0 saturated heterocycles. The van der Waals surface area contributed by atoms with E-state index in [1.165, 1.54) is 0 Å². The van der Waals surface area contributed by atoms with Gasteiger partial charge in [0.1, 0.15) is 5.75 Å². The number of nitrogens with zero attached hydrogens (tertiary/aromatic N) is 1. The van der Waals surface area contributed by atoms with Crippen molar-refractivity contribution >= 4 is 47.4 Å². The zero-order chi connectivity index (χ0) is 19.8. The molecular formula is C21H26ClIN4O2. The Balaban J connectivity index is 0.00000300. The smallest absolute Gasteiger partial charge is 0.258 e. The zero-order valence-electron chi connectivity index (χ0n) is 16.3. The maximum absolute atomic E-state index is 11.7. The number of hydrogen-bond donors (Lipinski definition) is 3. The number of aliphatic imine (C=N–C) groups is 1. The van der Waals surface area contributed by atoms with Crippen LogP contribution in [0.5, 0.6) is 5.75 Å². The third-order valence-corrected chi connectivity index (χ3v) is 4.52. The van der Waals surface area contributed by atoms with Crippen LogP contribution in [0, 0.1) is 0 Å². The summed E-state index contributed by atoms with van der Waals surface area (Å²) in [5, 5.41) is 10.2. The Morgan fingerprint density at radius 2 is 1.79 bits per heavy atom. The molecule has 2 aromatic carbocycles. The zero-order valence-corrected chi connectivity index (χ0v) is 19.4. The lowest BCUT2D eigenvalue weighted by Crippen LogP contribution is -2.36. The molecule has 8 heteroatoms. The maximum atomic E-state index is 11.7. The van der Waals surface area contributed by atoms with E-state index >= 15 is 0 Å². The molecule has 0 atom stereocenters. The molecule has 1 amide bonds. The van der Waals surface area contributed by atoms with Crippen LogP contribution in [0.25, 0.3) is 0 Å². The molecule has 1 fully saturated rings. The number of hydrogen-bond acceptors (Lipinski definition) is 3. The lowest BCUT2D eigenvalue weighted by atomic mass is 10.2. The number of rotatable bonds is 8. The van der Waals surface area contributed by atoms with Crippen molar-refractivity contribution < 1.29 is 9.53 Å². The Morgan fingerprint density at radius 3 is 2.45 bits per heavy atom. The highest BCUT2D eigenvalue weighted by Gasteiger charge is 2.23. The van der Waals surface area contributed by atoms with Crippen LogP contribution < -0.4 is 20.7 Å². The number of carbonyl (C=O) groups is 1. The number of benzene rings is 2. The minimum Gasteiger partial charge on any atom is -0.484 e. The van der Waals surface area contributed by atoms with Crippen molar-refractivity contribution in [1.29, 1.82) is 0 Å². The molecule has 3 rings (SSSR count). The van der Waals surface area contributed by atoms with E-state index in [4.69, 9.17) is 16.3 Å². The van der Waals surface area contributed by atoms with Crippen molar-refractivity contribution in [3.05, 3.63) is 64.7 Å². The quantitative estimate of drug-likeness (QED) is 0.279. The van der Waals surface area contributed by atoms with Gasteiger partial charge in [0.15, 0.2) is 12.6 Å². The predicted octanol–water partition coefficient (Wildman–Crippen LogP) is 3.48. The highest BCUT2D eigenvalue weighted by Crippen LogP contribution is 2.18. The average molecular weight is 529 g/mol. The summed E-state index contributed by atoms with van der Waals surface area (Å²) >= 11 is 5.91. The molecule has 0 aromatic heterocycles. The lowest BCUT2D eigenvalue weighted by Gasteiger charge is -2.13. The summed E-state index contributed by atoms with van der Waals surface area (Å²) in [7, 11) is 1.73. The van der Waals surface area contributed by atoms with Crippen molar-refractivity contribution in [2.24, 2.45) is 4.99 Å². The topological polar surface area (TPSA) is 74.8 Å². The van der Waals surface area contributed by atoms with E-state index in [9.17, 15) is 4.79 Å². The highest BCUT2D eigenvalue weighted by molar-refractivity contribution is 14.0. The SMILES string of the molecule is CN=C(NCc1ccc(Cl)cc1)NCc1cccc(OCC(=O)NC2CC2)c1.I. The Hall–Kier alpha value is -2.00. The van der Waals surface area contributed by atoms with Gasteiger partial charge < -0.3 is 20.7 Å². The Kier molecular flexibility index (Phi) is 9.53. The van der Waals surface area contributed by atoms with E-state index in [1.54, 1.807) is 7.05 Å². The minimum atomic E-state index is -0.0715. The molecule has 0 unspecified atom stereocenters. The van der Waals surface area contributed by atoms with Crippen molar-refractivity contribution in [2.45, 2.75) is 32.0 Å². The Morgan fingerprint density at radius 1 is 1.10 bits per heavy atom. The summed E-state index contributed by atoms with van der Waals surface area (Å²) < 4.78 is 5.59. The second-order valence-electron chi connectivity index (χ2n) is 6.68. The van der Waals surface area contributed by atoms with Crippen LogP contribution >= 0.6 is 35.6 Å². The van der Waals surface area contributed by atoms with Crippen molar-refractivity contribution in [3.63, 3.8) is 0 Å². The van der Waals surface area contributed by atoms with E-state index in [2.05, 4.69) is 20.9 Å². The summed E-state index contributed by atoms with van der Waals surface area (Å²) in [6.07, 6.45) is 2.14. The Bertz CT molecular complexity index is 826. The van der Waals surface area contributed by atoms with E-state index in [0.717, 1.165) is 29.0 Å². The van der Waals surface area contributed by atoms with Crippen molar-refractivity contribution in [3.8, 4) is 5.75 Å². The molecule has 0 heterocycles. The van der Waals surface area contributed by atoms with Gasteiger partial charge in [0.2, 0.25) is 0 Å². The van der Waals surface area contributed by atoms with Gasteiger partial charge in [-0.15, -0.1) is 24.0 Å². The largest absolute Gasteiger partial charge is 0.484 e. The maximum Gasteiger partial charge on any atom is 0.258 e. The molecule has 0 bridgehead atoms. The van der Waals surface area contributed by atoms with Gasteiger partial charge in [-0.2, -0.15) is 0 Å². The van der Waals surface area contributed by atoms with Gasteiger partial charge in [0, 0.05) is 31.2 Å². The molecule has 29 heavy (non-hydrogen) atoms. The van der Waals surface area contributed by atoms with Crippen LogP contribution in [0.2, 0.25) is 5.02 Å². The van der Waals surface area contributed by atoms with Gasteiger partial charge in [-0.1, -0.05) is 35.9 Å². The van der Waals surface area contributed by atoms with Crippen LogP contribution in [0.15, 0.2) is 53.5 Å². The summed E-state index contributed by atoms with van der Waals surface area (Å²) in [4.78, 5) is 16.0. The molecule has 6 nitrogen and oxygen atoms in total. The second-order valence-corrected chi connectivity index (χ2v) is 7.12. The first kappa shape index (κ1) is 23.3.